The van der Waals surface area contributed by atoms with Crippen LogP contribution in [0.5, 0.6) is 0 Å². The van der Waals surface area contributed by atoms with Crippen LogP contribution in [0.25, 0.3) is 4.85 Å². The molecule has 0 bridgehead atoms. The number of benzene rings is 2. The minimum absolute atomic E-state index is 0.0490. The molecule has 154 valence electrons. The van der Waals surface area contributed by atoms with Crippen molar-refractivity contribution < 1.29 is 19.1 Å². The van der Waals surface area contributed by atoms with Gasteiger partial charge in [0.25, 0.3) is 5.54 Å². The number of thiocarbonyl (C=S) groups is 1. The van der Waals surface area contributed by atoms with Gasteiger partial charge < -0.3 is 22.1 Å². The maximum atomic E-state index is 13.2. The molecule has 2 rings (SSSR count). The van der Waals surface area contributed by atoms with Gasteiger partial charge in [-0.15, -0.1) is 0 Å². The SMILES string of the molecule is COC(=O)[C@](Cc1ccccc1)(N=C=S)[C@@](Cc1ccccc1)([N+]#C[S-])C(=O)OC. The van der Waals surface area contributed by atoms with Gasteiger partial charge in [0.1, 0.15) is 5.40 Å². The number of thiocyanates is 1. The van der Waals surface area contributed by atoms with Crippen molar-refractivity contribution in [2.75, 3.05) is 14.2 Å². The first-order valence-corrected chi connectivity index (χ1v) is 9.74. The number of hydrogen-bond donors (Lipinski definition) is 0. The lowest BCUT2D eigenvalue weighted by Crippen LogP contribution is -2.63. The van der Waals surface area contributed by atoms with E-state index >= 15 is 0 Å². The van der Waals surface area contributed by atoms with Crippen molar-refractivity contribution in [3.05, 3.63) is 76.6 Å². The Bertz CT molecular complexity index is 998. The lowest BCUT2D eigenvalue weighted by Gasteiger charge is -2.32. The van der Waals surface area contributed by atoms with Gasteiger partial charge in [0.2, 0.25) is 0 Å². The third-order valence-corrected chi connectivity index (χ3v) is 4.99. The number of isothiocyanates is 1. The molecule has 0 N–H and O–H groups in total. The zero-order valence-corrected chi connectivity index (χ0v) is 18.2. The molecule has 0 spiro atoms. The van der Waals surface area contributed by atoms with E-state index in [9.17, 15) is 9.59 Å². The number of carbonyl (C=O) groups is 2. The number of carbonyl (C=O) groups excluding carboxylic acids is 2. The fourth-order valence-corrected chi connectivity index (χ4v) is 3.72. The van der Waals surface area contributed by atoms with Crippen LogP contribution < -0.4 is 0 Å². The predicted molar refractivity (Wildman–Crippen MR) is 119 cm³/mol. The molecule has 6 nitrogen and oxygen atoms in total. The summed E-state index contributed by atoms with van der Waals surface area (Å²) in [5, 5.41) is 4.50. The molecule has 8 heteroatoms. The van der Waals surface area contributed by atoms with Crippen LogP contribution in [0.3, 0.4) is 0 Å². The molecule has 2 aromatic rings. The van der Waals surface area contributed by atoms with Gasteiger partial charge in [0, 0.05) is 6.42 Å². The van der Waals surface area contributed by atoms with Crippen molar-refractivity contribution >= 4 is 41.9 Å². The van der Waals surface area contributed by atoms with Gasteiger partial charge in [-0.25, -0.2) is 14.6 Å². The first-order valence-electron chi connectivity index (χ1n) is 8.92. The van der Waals surface area contributed by atoms with E-state index in [1.807, 2.05) is 12.1 Å². The van der Waals surface area contributed by atoms with Gasteiger partial charge in [0.05, 0.1) is 25.8 Å². The molecule has 0 saturated heterocycles. The van der Waals surface area contributed by atoms with Crippen molar-refractivity contribution in [2.24, 2.45) is 4.99 Å². The molecule has 2 atom stereocenters. The summed E-state index contributed by atoms with van der Waals surface area (Å²) in [6, 6.07) is 18.1. The van der Waals surface area contributed by atoms with Gasteiger partial charge in [-0.3, -0.25) is 0 Å². The van der Waals surface area contributed by atoms with Crippen molar-refractivity contribution in [3.63, 3.8) is 0 Å². The molecule has 0 fully saturated rings. The number of esters is 2. The minimum atomic E-state index is -1.92. The number of nitrogens with zero attached hydrogens (tertiary/aromatic N) is 2. The maximum absolute atomic E-state index is 13.2. The van der Waals surface area contributed by atoms with E-state index in [0.717, 1.165) is 0 Å². The average Bonchev–Trinajstić information content (AvgIpc) is 2.78. The Labute approximate surface area is 186 Å². The summed E-state index contributed by atoms with van der Waals surface area (Å²) < 4.78 is 10.2. The lowest BCUT2D eigenvalue weighted by atomic mass is 9.70. The molecule has 30 heavy (non-hydrogen) atoms. The number of methoxy groups -OCH3 is 2. The van der Waals surface area contributed by atoms with Gasteiger partial charge in [-0.1, -0.05) is 65.5 Å². The summed E-state index contributed by atoms with van der Waals surface area (Å²) in [4.78, 5) is 34.8. The zero-order chi connectivity index (χ0) is 22.0. The molecule has 0 unspecified atom stereocenters. The van der Waals surface area contributed by atoms with Crippen LogP contribution in [0.1, 0.15) is 11.1 Å². The zero-order valence-electron chi connectivity index (χ0n) is 16.5. The average molecular weight is 441 g/mol. The van der Waals surface area contributed by atoms with Crippen molar-refractivity contribution in [1.82, 2.24) is 0 Å². The highest BCUT2D eigenvalue weighted by atomic mass is 32.1. The van der Waals surface area contributed by atoms with Crippen LogP contribution >= 0.6 is 12.2 Å². The van der Waals surface area contributed by atoms with Crippen molar-refractivity contribution in [1.29, 1.82) is 0 Å². The van der Waals surface area contributed by atoms with Gasteiger partial charge in [-0.2, -0.15) is 0 Å². The molecule has 0 heterocycles. The Morgan fingerprint density at radius 1 is 0.967 bits per heavy atom. The van der Waals surface area contributed by atoms with E-state index in [4.69, 9.17) is 34.3 Å². The minimum Gasteiger partial charge on any atom is -0.643 e. The first-order chi connectivity index (χ1) is 14.5. The highest BCUT2D eigenvalue weighted by Crippen LogP contribution is 2.39. The Kier molecular flexibility index (Phi) is 8.19. The van der Waals surface area contributed by atoms with Crippen LogP contribution in [0, 0.1) is 5.40 Å². The van der Waals surface area contributed by atoms with Crippen molar-refractivity contribution in [3.8, 4) is 5.40 Å². The second-order valence-electron chi connectivity index (χ2n) is 6.43. The van der Waals surface area contributed by atoms with Crippen LogP contribution in [0.4, 0.5) is 0 Å². The third kappa shape index (κ3) is 4.55. The molecule has 2 aromatic carbocycles. The fourth-order valence-electron chi connectivity index (χ4n) is 3.41. The Balaban J connectivity index is 2.87. The normalized spacial score (nSPS) is 13.9. The summed E-state index contributed by atoms with van der Waals surface area (Å²) in [6.45, 7) is 0. The summed E-state index contributed by atoms with van der Waals surface area (Å²) in [7, 11) is 2.40. The second kappa shape index (κ2) is 10.6. The Morgan fingerprint density at radius 3 is 1.90 bits per heavy atom. The number of rotatable bonds is 8. The van der Waals surface area contributed by atoms with Gasteiger partial charge in [-0.05, 0) is 23.3 Å². The van der Waals surface area contributed by atoms with Crippen LogP contribution in [-0.2, 0) is 44.5 Å². The monoisotopic (exact) mass is 440 g/mol. The largest absolute Gasteiger partial charge is 0.643 e. The number of ether oxygens (including phenoxy) is 2. The van der Waals surface area contributed by atoms with Crippen molar-refractivity contribution in [2.45, 2.75) is 23.9 Å². The van der Waals surface area contributed by atoms with E-state index in [1.54, 1.807) is 48.5 Å². The van der Waals surface area contributed by atoms with E-state index in [0.29, 0.717) is 11.1 Å². The van der Waals surface area contributed by atoms with E-state index < -0.39 is 23.0 Å². The first kappa shape index (κ1) is 23.2. The summed E-state index contributed by atoms with van der Waals surface area (Å²) >= 11 is 9.72. The van der Waals surface area contributed by atoms with Crippen LogP contribution in [-0.4, -0.2) is 42.4 Å². The summed E-state index contributed by atoms with van der Waals surface area (Å²) in [6.07, 6.45) is -0.0980. The van der Waals surface area contributed by atoms with Gasteiger partial charge in [0.15, 0.2) is 0 Å². The Hall–Kier alpha value is -3.11. The van der Waals surface area contributed by atoms with Gasteiger partial charge >= 0.3 is 17.5 Å². The van der Waals surface area contributed by atoms with Crippen LogP contribution in [0.15, 0.2) is 65.7 Å². The molecular formula is C22H20N2O4S2. The summed E-state index contributed by atoms with van der Waals surface area (Å²) in [5.41, 5.74) is -2.42. The van der Waals surface area contributed by atoms with E-state index in [1.165, 1.54) is 14.2 Å². The van der Waals surface area contributed by atoms with E-state index in [2.05, 4.69) is 20.4 Å². The third-order valence-electron chi connectivity index (χ3n) is 4.81. The molecule has 0 aliphatic rings. The molecule has 0 radical (unpaired) electrons. The number of hydrogen-bond acceptors (Lipinski definition) is 7. The smallest absolute Gasteiger partial charge is 0.412 e. The molecule has 0 amide bonds. The Morgan fingerprint density at radius 2 is 1.47 bits per heavy atom. The molecular weight excluding hydrogens is 420 g/mol. The number of aliphatic imine (C=N–C) groups is 1. The quantitative estimate of drug-likeness (QED) is 0.206. The standard InChI is InChI=1S/C22H20N2O4S2/c1-27-19(25)21(23-15-29,13-17-9-5-3-6-10-17)22(24-16-30,20(26)28-2)14-18-11-7-4-8-12-18/h3-12H,13-14H2,1-2H3/t21-,22-/m0/s1. The topological polar surface area (TPSA) is 69.3 Å². The highest BCUT2D eigenvalue weighted by Gasteiger charge is 2.72. The second-order valence-corrected chi connectivity index (χ2v) is 6.80. The molecule has 0 aliphatic heterocycles. The van der Waals surface area contributed by atoms with E-state index in [-0.39, 0.29) is 12.8 Å². The lowest BCUT2D eigenvalue weighted by molar-refractivity contribution is -0.159. The van der Waals surface area contributed by atoms with Crippen LogP contribution in [0.2, 0.25) is 0 Å². The molecule has 0 aromatic heterocycles. The highest BCUT2D eigenvalue weighted by molar-refractivity contribution is 7.78. The molecule has 0 saturated carbocycles. The summed E-state index contributed by atoms with van der Waals surface area (Å²) in [5.74, 6) is -1.64. The maximum Gasteiger partial charge on any atom is 0.412 e. The predicted octanol–water partition coefficient (Wildman–Crippen LogP) is 3.24. The fraction of sp³-hybridized carbons (Fsp3) is 0.273. The molecule has 0 aliphatic carbocycles.